The highest BCUT2D eigenvalue weighted by molar-refractivity contribution is 6.18. The minimum absolute atomic E-state index is 0.186. The molecule has 1 nitrogen and oxygen atoms in total. The van der Waals surface area contributed by atoms with Crippen LogP contribution in [0.25, 0.3) is 0 Å². The second-order valence-corrected chi connectivity index (χ2v) is 4.01. The number of halogens is 1. The van der Waals surface area contributed by atoms with E-state index in [1.54, 1.807) is 0 Å². The molecule has 0 radical (unpaired) electrons. The fraction of sp³-hybridized carbons (Fsp3) is 1.00. The Labute approximate surface area is 81.4 Å². The Hall–Kier alpha value is 0.250. The molecule has 0 N–H and O–H groups in total. The zero-order chi connectivity index (χ0) is 9.45. The molecule has 0 heterocycles. The predicted molar refractivity (Wildman–Crippen MR) is 54.8 cm³/mol. The molecule has 0 aliphatic rings. The lowest BCUT2D eigenvalue weighted by molar-refractivity contribution is 0.0596. The van der Waals surface area contributed by atoms with Gasteiger partial charge in [0.25, 0.3) is 0 Å². The Morgan fingerprint density at radius 1 is 1.25 bits per heavy atom. The number of rotatable bonds is 7. The number of ether oxygens (including phenoxy) is 1. The molecule has 0 spiro atoms. The molecule has 0 fully saturated rings. The second-order valence-electron chi connectivity index (χ2n) is 3.75. The zero-order valence-corrected chi connectivity index (χ0v) is 9.28. The second kappa shape index (κ2) is 6.73. The summed E-state index contributed by atoms with van der Waals surface area (Å²) in [5.74, 6) is 0.699. The van der Waals surface area contributed by atoms with Crippen LogP contribution in [0.3, 0.4) is 0 Å². The highest BCUT2D eigenvalue weighted by Crippen LogP contribution is 2.25. The van der Waals surface area contributed by atoms with Crippen molar-refractivity contribution < 1.29 is 4.74 Å². The summed E-state index contributed by atoms with van der Waals surface area (Å²) in [6.07, 6.45) is 3.42. The topological polar surface area (TPSA) is 9.23 Å². The van der Waals surface area contributed by atoms with E-state index in [2.05, 4.69) is 20.8 Å². The van der Waals surface area contributed by atoms with E-state index in [0.29, 0.717) is 5.88 Å². The minimum atomic E-state index is 0.186. The molecule has 0 aromatic rings. The van der Waals surface area contributed by atoms with Crippen molar-refractivity contribution in [2.24, 2.45) is 5.41 Å². The minimum Gasteiger partial charge on any atom is -0.381 e. The van der Waals surface area contributed by atoms with Crippen molar-refractivity contribution in [1.82, 2.24) is 0 Å². The van der Waals surface area contributed by atoms with Crippen molar-refractivity contribution in [3.8, 4) is 0 Å². The number of alkyl halides is 1. The average molecular weight is 193 g/mol. The van der Waals surface area contributed by atoms with Gasteiger partial charge in [-0.3, -0.25) is 0 Å². The summed E-state index contributed by atoms with van der Waals surface area (Å²) in [5, 5.41) is 0. The van der Waals surface area contributed by atoms with Crippen LogP contribution in [0, 0.1) is 5.41 Å². The molecule has 0 rings (SSSR count). The van der Waals surface area contributed by atoms with Gasteiger partial charge in [-0.15, -0.1) is 11.6 Å². The van der Waals surface area contributed by atoms with Crippen molar-refractivity contribution in [3.05, 3.63) is 0 Å². The van der Waals surface area contributed by atoms with E-state index in [9.17, 15) is 0 Å². The van der Waals surface area contributed by atoms with Crippen LogP contribution in [-0.4, -0.2) is 19.1 Å². The molecule has 0 aromatic carbocycles. The average Bonchev–Trinajstić information content (AvgIpc) is 2.06. The van der Waals surface area contributed by atoms with Crippen LogP contribution in [0.5, 0.6) is 0 Å². The Bertz CT molecular complexity index is 106. The third-order valence-electron chi connectivity index (χ3n) is 1.98. The van der Waals surface area contributed by atoms with Crippen LogP contribution in [0.15, 0.2) is 0 Å². The molecule has 0 bridgehead atoms. The van der Waals surface area contributed by atoms with Crippen LogP contribution < -0.4 is 0 Å². The Morgan fingerprint density at radius 3 is 2.33 bits per heavy atom. The smallest absolute Gasteiger partial charge is 0.0531 e. The van der Waals surface area contributed by atoms with Gasteiger partial charge in [-0.25, -0.2) is 0 Å². The van der Waals surface area contributed by atoms with E-state index in [1.807, 2.05) is 0 Å². The summed E-state index contributed by atoms with van der Waals surface area (Å²) in [6, 6.07) is 0. The fourth-order valence-electron chi connectivity index (χ4n) is 1.24. The molecule has 0 saturated carbocycles. The van der Waals surface area contributed by atoms with Gasteiger partial charge in [-0.05, 0) is 12.8 Å². The van der Waals surface area contributed by atoms with Crippen LogP contribution in [-0.2, 0) is 4.74 Å². The summed E-state index contributed by atoms with van der Waals surface area (Å²) in [7, 11) is 0. The quantitative estimate of drug-likeness (QED) is 0.444. The van der Waals surface area contributed by atoms with E-state index in [1.165, 1.54) is 6.42 Å². The van der Waals surface area contributed by atoms with E-state index in [4.69, 9.17) is 16.3 Å². The lowest BCUT2D eigenvalue weighted by Gasteiger charge is -2.26. The lowest BCUT2D eigenvalue weighted by Crippen LogP contribution is -2.25. The highest BCUT2D eigenvalue weighted by atomic mass is 35.5. The van der Waals surface area contributed by atoms with Gasteiger partial charge < -0.3 is 4.74 Å². The third-order valence-corrected chi connectivity index (χ3v) is 2.62. The van der Waals surface area contributed by atoms with Gasteiger partial charge in [0.2, 0.25) is 0 Å². The highest BCUT2D eigenvalue weighted by Gasteiger charge is 2.21. The SMILES string of the molecule is CCCOCC(C)(CCl)CCC. The van der Waals surface area contributed by atoms with Crippen molar-refractivity contribution >= 4 is 11.6 Å². The van der Waals surface area contributed by atoms with E-state index in [-0.39, 0.29) is 5.41 Å². The first-order valence-electron chi connectivity index (χ1n) is 4.82. The van der Waals surface area contributed by atoms with Gasteiger partial charge >= 0.3 is 0 Å². The molecule has 0 amide bonds. The molecule has 2 heteroatoms. The lowest BCUT2D eigenvalue weighted by atomic mass is 9.89. The Balaban J connectivity index is 3.63. The van der Waals surface area contributed by atoms with Crippen LogP contribution in [0.1, 0.15) is 40.0 Å². The maximum absolute atomic E-state index is 5.89. The van der Waals surface area contributed by atoms with Crippen LogP contribution >= 0.6 is 11.6 Å². The Morgan fingerprint density at radius 2 is 1.92 bits per heavy atom. The fourth-order valence-corrected chi connectivity index (χ4v) is 1.45. The van der Waals surface area contributed by atoms with E-state index in [0.717, 1.165) is 26.1 Å². The summed E-state index contributed by atoms with van der Waals surface area (Å²) < 4.78 is 5.51. The van der Waals surface area contributed by atoms with Crippen LogP contribution in [0.2, 0.25) is 0 Å². The first kappa shape index (κ1) is 12.2. The standard InChI is InChI=1S/C10H21ClO/c1-4-6-10(3,8-11)9-12-7-5-2/h4-9H2,1-3H3. The third kappa shape index (κ3) is 5.00. The van der Waals surface area contributed by atoms with Crippen molar-refractivity contribution in [2.75, 3.05) is 19.1 Å². The summed E-state index contributed by atoms with van der Waals surface area (Å²) in [5.41, 5.74) is 0.186. The van der Waals surface area contributed by atoms with Crippen molar-refractivity contribution in [1.29, 1.82) is 0 Å². The molecule has 1 atom stereocenters. The molecular weight excluding hydrogens is 172 g/mol. The monoisotopic (exact) mass is 192 g/mol. The first-order chi connectivity index (χ1) is 5.68. The molecule has 0 saturated heterocycles. The summed E-state index contributed by atoms with van der Waals surface area (Å²) >= 11 is 5.89. The van der Waals surface area contributed by atoms with Crippen LogP contribution in [0.4, 0.5) is 0 Å². The molecule has 0 aromatic heterocycles. The predicted octanol–water partition coefficient (Wildman–Crippen LogP) is 3.46. The maximum atomic E-state index is 5.89. The zero-order valence-electron chi connectivity index (χ0n) is 8.53. The molecular formula is C10H21ClO. The largest absolute Gasteiger partial charge is 0.381 e. The molecule has 1 unspecified atom stereocenters. The van der Waals surface area contributed by atoms with E-state index < -0.39 is 0 Å². The number of hydrogen-bond donors (Lipinski definition) is 0. The van der Waals surface area contributed by atoms with Crippen molar-refractivity contribution in [2.45, 2.75) is 40.0 Å². The molecule has 0 aliphatic heterocycles. The van der Waals surface area contributed by atoms with Gasteiger partial charge in [0.05, 0.1) is 6.61 Å². The normalized spacial score (nSPS) is 16.0. The first-order valence-corrected chi connectivity index (χ1v) is 5.35. The molecule has 12 heavy (non-hydrogen) atoms. The number of hydrogen-bond acceptors (Lipinski definition) is 1. The molecule has 0 aliphatic carbocycles. The van der Waals surface area contributed by atoms with Gasteiger partial charge in [-0.2, -0.15) is 0 Å². The summed E-state index contributed by atoms with van der Waals surface area (Å²) in [4.78, 5) is 0. The van der Waals surface area contributed by atoms with Crippen molar-refractivity contribution in [3.63, 3.8) is 0 Å². The van der Waals surface area contributed by atoms with Gasteiger partial charge in [0.15, 0.2) is 0 Å². The van der Waals surface area contributed by atoms with Gasteiger partial charge in [0.1, 0.15) is 0 Å². The van der Waals surface area contributed by atoms with E-state index >= 15 is 0 Å². The Kier molecular flexibility index (Phi) is 6.87. The van der Waals surface area contributed by atoms with Gasteiger partial charge in [0, 0.05) is 17.9 Å². The van der Waals surface area contributed by atoms with Gasteiger partial charge in [-0.1, -0.05) is 27.2 Å². The maximum Gasteiger partial charge on any atom is 0.0531 e. The molecule has 74 valence electrons. The summed E-state index contributed by atoms with van der Waals surface area (Å²) in [6.45, 7) is 8.16.